The molecule has 0 aliphatic rings. The highest BCUT2D eigenvalue weighted by molar-refractivity contribution is 7.91. The van der Waals surface area contributed by atoms with Crippen molar-refractivity contribution >= 4 is 38.7 Å². The summed E-state index contributed by atoms with van der Waals surface area (Å²) in [5.41, 5.74) is -0.408. The van der Waals surface area contributed by atoms with E-state index in [0.717, 1.165) is 36.4 Å². The van der Waals surface area contributed by atoms with E-state index in [4.69, 9.17) is 11.6 Å². The highest BCUT2D eigenvalue weighted by Crippen LogP contribution is 2.24. The number of sulfone groups is 1. The zero-order valence-corrected chi connectivity index (χ0v) is 13.7. The molecule has 11 heteroatoms. The van der Waals surface area contributed by atoms with E-state index in [9.17, 15) is 32.1 Å². The lowest BCUT2D eigenvalue weighted by atomic mass is 10.2. The lowest BCUT2D eigenvalue weighted by Crippen LogP contribution is -2.14. The first kappa shape index (κ1) is 18.7. The van der Waals surface area contributed by atoms with Crippen molar-refractivity contribution in [3.8, 4) is 0 Å². The number of hydrogen-bond donors (Lipinski definition) is 1. The van der Waals surface area contributed by atoms with Gasteiger partial charge in [-0.15, -0.1) is 0 Å². The molecule has 132 valence electrons. The van der Waals surface area contributed by atoms with Crippen molar-refractivity contribution in [2.24, 2.45) is 0 Å². The quantitative estimate of drug-likeness (QED) is 0.621. The fraction of sp³-hybridized carbons (Fsp3) is 0.0714. The van der Waals surface area contributed by atoms with E-state index in [0.29, 0.717) is 0 Å². The minimum absolute atomic E-state index is 0.0278. The van der Waals surface area contributed by atoms with E-state index < -0.39 is 31.3 Å². The summed E-state index contributed by atoms with van der Waals surface area (Å²) >= 11 is 5.84. The maximum atomic E-state index is 12.5. The molecule has 0 radical (unpaired) electrons. The summed E-state index contributed by atoms with van der Waals surface area (Å²) in [6.07, 6.45) is 0. The Hall–Kier alpha value is -2.59. The van der Waals surface area contributed by atoms with Crippen LogP contribution in [-0.4, -0.2) is 25.0 Å². The minimum Gasteiger partial charge on any atom is -0.322 e. The second-order valence-electron chi connectivity index (χ2n) is 4.71. The van der Waals surface area contributed by atoms with Gasteiger partial charge in [0.05, 0.1) is 20.4 Å². The van der Waals surface area contributed by atoms with Gasteiger partial charge in [0.25, 0.3) is 11.6 Å². The Morgan fingerprint density at radius 3 is 2.28 bits per heavy atom. The van der Waals surface area contributed by atoms with Crippen LogP contribution in [0, 0.1) is 10.1 Å². The van der Waals surface area contributed by atoms with Gasteiger partial charge in [0.1, 0.15) is 0 Å². The van der Waals surface area contributed by atoms with E-state index in [1.807, 2.05) is 0 Å². The Kier molecular flexibility index (Phi) is 5.33. The SMILES string of the molecule is O=C(Nc1ccc(S(=O)(=O)C(F)F)cc1)c1cc([N+](=O)[O-])ccc1Cl. The van der Waals surface area contributed by atoms with Gasteiger partial charge in [-0.05, 0) is 30.3 Å². The Bertz CT molecular complexity index is 933. The molecule has 25 heavy (non-hydrogen) atoms. The van der Waals surface area contributed by atoms with Crippen LogP contribution in [0.4, 0.5) is 20.2 Å². The summed E-state index contributed by atoms with van der Waals surface area (Å²) in [7, 11) is -4.74. The standard InChI is InChI=1S/C14H9ClF2N2O5S/c15-12-6-3-9(19(21)22)7-11(12)13(20)18-8-1-4-10(5-2-8)25(23,24)14(16)17/h1-7,14H,(H,18,20). The predicted octanol–water partition coefficient (Wildman–Crippen LogP) is 3.50. The van der Waals surface area contributed by atoms with Crippen LogP contribution in [0.25, 0.3) is 0 Å². The average Bonchev–Trinajstić information content (AvgIpc) is 2.55. The van der Waals surface area contributed by atoms with Gasteiger partial charge in [-0.1, -0.05) is 11.6 Å². The first-order valence-corrected chi connectivity index (χ1v) is 8.43. The fourth-order valence-electron chi connectivity index (χ4n) is 1.83. The molecule has 0 aliphatic heterocycles. The van der Waals surface area contributed by atoms with E-state index >= 15 is 0 Å². The van der Waals surface area contributed by atoms with Crippen LogP contribution in [0.5, 0.6) is 0 Å². The third kappa shape index (κ3) is 4.09. The van der Waals surface area contributed by atoms with Gasteiger partial charge in [-0.3, -0.25) is 14.9 Å². The predicted molar refractivity (Wildman–Crippen MR) is 85.7 cm³/mol. The lowest BCUT2D eigenvalue weighted by molar-refractivity contribution is -0.384. The van der Waals surface area contributed by atoms with Crippen LogP contribution in [-0.2, 0) is 9.84 Å². The Morgan fingerprint density at radius 2 is 1.76 bits per heavy atom. The summed E-state index contributed by atoms with van der Waals surface area (Å²) in [4.78, 5) is 21.6. The smallest absolute Gasteiger partial charge is 0.322 e. The van der Waals surface area contributed by atoms with Gasteiger partial charge in [-0.25, -0.2) is 8.42 Å². The van der Waals surface area contributed by atoms with Gasteiger partial charge in [0.2, 0.25) is 9.84 Å². The van der Waals surface area contributed by atoms with Crippen LogP contribution >= 0.6 is 11.6 Å². The van der Waals surface area contributed by atoms with Crippen molar-refractivity contribution in [2.45, 2.75) is 10.7 Å². The van der Waals surface area contributed by atoms with Gasteiger partial charge in [-0.2, -0.15) is 8.78 Å². The van der Waals surface area contributed by atoms with Crippen molar-refractivity contribution in [1.82, 2.24) is 0 Å². The number of alkyl halides is 2. The van der Waals surface area contributed by atoms with Crippen LogP contribution in [0.2, 0.25) is 5.02 Å². The first-order valence-electron chi connectivity index (χ1n) is 6.50. The first-order chi connectivity index (χ1) is 11.6. The molecule has 0 saturated heterocycles. The molecule has 1 N–H and O–H groups in total. The number of nitro groups is 1. The zero-order chi connectivity index (χ0) is 18.8. The average molecular weight is 391 g/mol. The topological polar surface area (TPSA) is 106 Å². The number of non-ortho nitro benzene ring substituents is 1. The van der Waals surface area contributed by atoms with Crippen molar-refractivity contribution in [2.75, 3.05) is 5.32 Å². The van der Waals surface area contributed by atoms with Gasteiger partial charge < -0.3 is 5.32 Å². The molecule has 0 aliphatic carbocycles. The highest BCUT2D eigenvalue weighted by Gasteiger charge is 2.26. The summed E-state index contributed by atoms with van der Waals surface area (Å²) in [5, 5.41) is 13.1. The molecule has 2 rings (SSSR count). The molecule has 7 nitrogen and oxygen atoms in total. The minimum atomic E-state index is -4.74. The number of anilines is 1. The van der Waals surface area contributed by atoms with Crippen molar-refractivity contribution in [1.29, 1.82) is 0 Å². The van der Waals surface area contributed by atoms with Crippen LogP contribution in [0.3, 0.4) is 0 Å². The number of nitrogens with zero attached hydrogens (tertiary/aromatic N) is 1. The molecule has 0 atom stereocenters. The van der Waals surface area contributed by atoms with Gasteiger partial charge in [0, 0.05) is 17.8 Å². The molecular formula is C14H9ClF2N2O5S. The van der Waals surface area contributed by atoms with E-state index in [1.54, 1.807) is 0 Å². The highest BCUT2D eigenvalue weighted by atomic mass is 35.5. The number of carbonyl (C=O) groups is 1. The second-order valence-corrected chi connectivity index (χ2v) is 7.03. The van der Waals surface area contributed by atoms with Gasteiger partial charge in [0.15, 0.2) is 0 Å². The zero-order valence-electron chi connectivity index (χ0n) is 12.1. The maximum absolute atomic E-state index is 12.5. The van der Waals surface area contributed by atoms with Crippen LogP contribution in [0.15, 0.2) is 47.4 Å². The number of nitro benzene ring substituents is 1. The molecular weight excluding hydrogens is 382 g/mol. The third-order valence-corrected chi connectivity index (χ3v) is 4.81. The van der Waals surface area contributed by atoms with E-state index in [-0.39, 0.29) is 22.0 Å². The van der Waals surface area contributed by atoms with E-state index in [1.165, 1.54) is 6.07 Å². The molecule has 0 unspecified atom stereocenters. The lowest BCUT2D eigenvalue weighted by Gasteiger charge is -2.08. The molecule has 0 heterocycles. The monoisotopic (exact) mass is 390 g/mol. The number of halogens is 3. The third-order valence-electron chi connectivity index (χ3n) is 3.08. The fourth-order valence-corrected chi connectivity index (χ4v) is 2.75. The molecule has 0 saturated carbocycles. The van der Waals surface area contributed by atoms with Crippen LogP contribution < -0.4 is 5.32 Å². The summed E-state index contributed by atoms with van der Waals surface area (Å²) in [6.45, 7) is 0. The maximum Gasteiger partial charge on any atom is 0.341 e. The largest absolute Gasteiger partial charge is 0.341 e. The Balaban J connectivity index is 2.25. The summed E-state index contributed by atoms with van der Waals surface area (Å²) in [6, 6.07) is 7.33. The van der Waals surface area contributed by atoms with Crippen molar-refractivity contribution < 1.29 is 26.9 Å². The molecule has 0 aromatic heterocycles. The number of carbonyl (C=O) groups excluding carboxylic acids is 1. The molecule has 0 bridgehead atoms. The van der Waals surface area contributed by atoms with E-state index in [2.05, 4.69) is 5.32 Å². The molecule has 2 aromatic rings. The number of amides is 1. The van der Waals surface area contributed by atoms with Gasteiger partial charge >= 0.3 is 5.76 Å². The summed E-state index contributed by atoms with van der Waals surface area (Å²) < 4.78 is 47.5. The molecule has 2 aromatic carbocycles. The number of rotatable bonds is 5. The second kappa shape index (κ2) is 7.11. The normalized spacial score (nSPS) is 11.4. The van der Waals surface area contributed by atoms with Crippen molar-refractivity contribution in [3.05, 3.63) is 63.2 Å². The number of nitrogens with one attached hydrogen (secondary N) is 1. The Morgan fingerprint density at radius 1 is 1.16 bits per heavy atom. The number of hydrogen-bond acceptors (Lipinski definition) is 5. The Labute approximate surface area is 145 Å². The number of benzene rings is 2. The summed E-state index contributed by atoms with van der Waals surface area (Å²) in [5.74, 6) is -4.34. The van der Waals surface area contributed by atoms with Crippen molar-refractivity contribution in [3.63, 3.8) is 0 Å². The molecule has 0 spiro atoms. The molecule has 1 amide bonds. The molecule has 0 fully saturated rings. The van der Waals surface area contributed by atoms with Crippen LogP contribution in [0.1, 0.15) is 10.4 Å².